The van der Waals surface area contributed by atoms with Crippen molar-refractivity contribution in [2.24, 2.45) is 7.05 Å². The van der Waals surface area contributed by atoms with Crippen molar-refractivity contribution in [2.75, 3.05) is 19.0 Å². The number of rotatable bonds is 4. The van der Waals surface area contributed by atoms with E-state index in [1.807, 2.05) is 31.1 Å². The average Bonchev–Trinajstić information content (AvgIpc) is 2.83. The normalized spacial score (nSPS) is 10.3. The molecule has 2 aromatic rings. The van der Waals surface area contributed by atoms with Gasteiger partial charge >= 0.3 is 0 Å². The fourth-order valence-electron chi connectivity index (χ4n) is 1.64. The molecule has 0 radical (unpaired) electrons. The van der Waals surface area contributed by atoms with Gasteiger partial charge in [0.2, 0.25) is 0 Å². The molecular formula is C13H17N5O. The molecule has 0 unspecified atom stereocenters. The van der Waals surface area contributed by atoms with Crippen molar-refractivity contribution >= 4 is 11.7 Å². The number of carbonyl (C=O) groups is 1. The maximum absolute atomic E-state index is 11.9. The van der Waals surface area contributed by atoms with Crippen LogP contribution in [0.1, 0.15) is 15.9 Å². The van der Waals surface area contributed by atoms with Crippen LogP contribution in [-0.4, -0.2) is 34.8 Å². The highest BCUT2D eigenvalue weighted by Gasteiger charge is 2.07. The first-order valence-corrected chi connectivity index (χ1v) is 5.95. The van der Waals surface area contributed by atoms with Crippen molar-refractivity contribution in [3.05, 3.63) is 41.9 Å². The van der Waals surface area contributed by atoms with Crippen molar-refractivity contribution in [1.29, 1.82) is 0 Å². The van der Waals surface area contributed by atoms with Gasteiger partial charge < -0.3 is 10.2 Å². The molecule has 1 amide bonds. The summed E-state index contributed by atoms with van der Waals surface area (Å²) in [6.45, 7) is 0.469. The van der Waals surface area contributed by atoms with E-state index in [9.17, 15) is 4.79 Å². The van der Waals surface area contributed by atoms with Gasteiger partial charge in [0.15, 0.2) is 0 Å². The van der Waals surface area contributed by atoms with E-state index in [0.29, 0.717) is 12.1 Å². The zero-order valence-corrected chi connectivity index (χ0v) is 11.3. The Morgan fingerprint density at radius 2 is 2.26 bits per heavy atom. The summed E-state index contributed by atoms with van der Waals surface area (Å²) >= 11 is 0. The lowest BCUT2D eigenvalue weighted by molar-refractivity contribution is 0.0951. The smallest absolute Gasteiger partial charge is 0.254 e. The largest absolute Gasteiger partial charge is 0.363 e. The standard InChI is InChI=1S/C13H17N5O/c1-17(2)12-6-10(4-5-14-12)7-15-13(19)11-8-16-18(3)9-11/h4-6,8-9H,7H2,1-3H3,(H,15,19). The molecule has 6 nitrogen and oxygen atoms in total. The molecule has 0 aliphatic heterocycles. The SMILES string of the molecule is CN(C)c1cc(CNC(=O)c2cnn(C)c2)ccn1. The van der Waals surface area contributed by atoms with E-state index < -0.39 is 0 Å². The quantitative estimate of drug-likeness (QED) is 0.882. The Morgan fingerprint density at radius 1 is 1.47 bits per heavy atom. The zero-order chi connectivity index (χ0) is 13.8. The van der Waals surface area contributed by atoms with Crippen LogP contribution in [0.2, 0.25) is 0 Å². The minimum atomic E-state index is -0.128. The molecule has 19 heavy (non-hydrogen) atoms. The summed E-state index contributed by atoms with van der Waals surface area (Å²) < 4.78 is 1.60. The van der Waals surface area contributed by atoms with E-state index in [1.54, 1.807) is 30.3 Å². The number of aromatic nitrogens is 3. The van der Waals surface area contributed by atoms with Gasteiger partial charge in [-0.25, -0.2) is 4.98 Å². The first-order valence-electron chi connectivity index (χ1n) is 5.95. The van der Waals surface area contributed by atoms with Crippen molar-refractivity contribution in [3.63, 3.8) is 0 Å². The van der Waals surface area contributed by atoms with Gasteiger partial charge in [-0.2, -0.15) is 5.10 Å². The lowest BCUT2D eigenvalue weighted by Gasteiger charge is -2.12. The predicted molar refractivity (Wildman–Crippen MR) is 72.9 cm³/mol. The van der Waals surface area contributed by atoms with Crippen molar-refractivity contribution in [1.82, 2.24) is 20.1 Å². The number of nitrogens with zero attached hydrogens (tertiary/aromatic N) is 4. The summed E-state index contributed by atoms with van der Waals surface area (Å²) in [5.41, 5.74) is 1.57. The van der Waals surface area contributed by atoms with Crippen molar-refractivity contribution in [2.45, 2.75) is 6.54 Å². The molecule has 0 bridgehead atoms. The highest BCUT2D eigenvalue weighted by atomic mass is 16.1. The van der Waals surface area contributed by atoms with Crippen LogP contribution in [-0.2, 0) is 13.6 Å². The molecule has 0 fully saturated rings. The molecule has 6 heteroatoms. The number of amides is 1. The molecule has 0 atom stereocenters. The Bertz CT molecular complexity index is 576. The Balaban J connectivity index is 1.99. The monoisotopic (exact) mass is 259 g/mol. The van der Waals surface area contributed by atoms with Gasteiger partial charge in [-0.15, -0.1) is 0 Å². The third-order valence-corrected chi connectivity index (χ3v) is 2.69. The zero-order valence-electron chi connectivity index (χ0n) is 11.3. The Hall–Kier alpha value is -2.37. The maximum atomic E-state index is 11.9. The van der Waals surface area contributed by atoms with E-state index in [-0.39, 0.29) is 5.91 Å². The third kappa shape index (κ3) is 3.31. The summed E-state index contributed by atoms with van der Waals surface area (Å²) in [5, 5.41) is 6.83. The molecule has 0 aliphatic rings. The Kier molecular flexibility index (Phi) is 3.79. The molecule has 1 N–H and O–H groups in total. The van der Waals surface area contributed by atoms with Crippen LogP contribution in [0.3, 0.4) is 0 Å². The van der Waals surface area contributed by atoms with E-state index in [2.05, 4.69) is 15.4 Å². The van der Waals surface area contributed by atoms with Crippen LogP contribution in [0.25, 0.3) is 0 Å². The van der Waals surface area contributed by atoms with Gasteiger partial charge in [0.05, 0.1) is 11.8 Å². The molecule has 2 heterocycles. The van der Waals surface area contributed by atoms with Gasteiger partial charge in [0.25, 0.3) is 5.91 Å². The van der Waals surface area contributed by atoms with E-state index in [0.717, 1.165) is 11.4 Å². The van der Waals surface area contributed by atoms with Crippen molar-refractivity contribution < 1.29 is 4.79 Å². The minimum absolute atomic E-state index is 0.128. The van der Waals surface area contributed by atoms with Crippen LogP contribution < -0.4 is 10.2 Å². The minimum Gasteiger partial charge on any atom is -0.363 e. The van der Waals surface area contributed by atoms with E-state index >= 15 is 0 Å². The van der Waals surface area contributed by atoms with Gasteiger partial charge in [-0.3, -0.25) is 9.48 Å². The molecule has 0 aliphatic carbocycles. The van der Waals surface area contributed by atoms with Crippen LogP contribution in [0.5, 0.6) is 0 Å². The lowest BCUT2D eigenvalue weighted by Crippen LogP contribution is -2.22. The van der Waals surface area contributed by atoms with Crippen LogP contribution in [0, 0.1) is 0 Å². The molecular weight excluding hydrogens is 242 g/mol. The van der Waals surface area contributed by atoms with Gasteiger partial charge in [0.1, 0.15) is 5.82 Å². The molecule has 0 saturated carbocycles. The lowest BCUT2D eigenvalue weighted by atomic mass is 10.2. The molecule has 0 aromatic carbocycles. The van der Waals surface area contributed by atoms with Crippen LogP contribution in [0.15, 0.2) is 30.7 Å². The van der Waals surface area contributed by atoms with Crippen molar-refractivity contribution in [3.8, 4) is 0 Å². The summed E-state index contributed by atoms with van der Waals surface area (Å²) in [5.74, 6) is 0.740. The first-order chi connectivity index (χ1) is 9.06. The van der Waals surface area contributed by atoms with Gasteiger partial charge in [-0.1, -0.05) is 0 Å². The molecule has 0 saturated heterocycles. The average molecular weight is 259 g/mol. The fourth-order valence-corrected chi connectivity index (χ4v) is 1.64. The number of pyridine rings is 1. The second-order valence-electron chi connectivity index (χ2n) is 4.50. The molecule has 2 rings (SSSR count). The Morgan fingerprint density at radius 3 is 2.89 bits per heavy atom. The van der Waals surface area contributed by atoms with Gasteiger partial charge in [-0.05, 0) is 17.7 Å². The number of aryl methyl sites for hydroxylation is 1. The van der Waals surface area contributed by atoms with E-state index in [1.165, 1.54) is 0 Å². The summed E-state index contributed by atoms with van der Waals surface area (Å²) in [6.07, 6.45) is 4.97. The second-order valence-corrected chi connectivity index (χ2v) is 4.50. The van der Waals surface area contributed by atoms with Crippen LogP contribution in [0.4, 0.5) is 5.82 Å². The number of carbonyl (C=O) groups excluding carboxylic acids is 1. The van der Waals surface area contributed by atoms with E-state index in [4.69, 9.17) is 0 Å². The number of hydrogen-bond acceptors (Lipinski definition) is 4. The molecule has 100 valence electrons. The maximum Gasteiger partial charge on any atom is 0.254 e. The summed E-state index contributed by atoms with van der Waals surface area (Å²) in [7, 11) is 5.64. The summed E-state index contributed by atoms with van der Waals surface area (Å²) in [6, 6.07) is 3.83. The predicted octanol–water partition coefficient (Wildman–Crippen LogP) is 0.811. The first kappa shape index (κ1) is 13.1. The number of nitrogens with one attached hydrogen (secondary N) is 1. The third-order valence-electron chi connectivity index (χ3n) is 2.69. The molecule has 2 aromatic heterocycles. The highest BCUT2D eigenvalue weighted by Crippen LogP contribution is 2.09. The van der Waals surface area contributed by atoms with Gasteiger partial charge in [0, 0.05) is 40.1 Å². The number of hydrogen-bond donors (Lipinski definition) is 1. The number of anilines is 1. The summed E-state index contributed by atoms with van der Waals surface area (Å²) in [4.78, 5) is 18.0. The highest BCUT2D eigenvalue weighted by molar-refractivity contribution is 5.93. The van der Waals surface area contributed by atoms with Crippen LogP contribution >= 0.6 is 0 Å². The Labute approximate surface area is 112 Å². The molecule has 0 spiro atoms. The fraction of sp³-hybridized carbons (Fsp3) is 0.308. The topological polar surface area (TPSA) is 63.1 Å². The second kappa shape index (κ2) is 5.51.